The lowest BCUT2D eigenvalue weighted by atomic mass is 10.1. The summed E-state index contributed by atoms with van der Waals surface area (Å²) >= 11 is 0. The van der Waals surface area contributed by atoms with E-state index in [0.29, 0.717) is 0 Å². The lowest BCUT2D eigenvalue weighted by Crippen LogP contribution is -2.21. The third-order valence-corrected chi connectivity index (χ3v) is 2.12. The number of nitrogens with one attached hydrogen (secondary N) is 1. The van der Waals surface area contributed by atoms with E-state index >= 15 is 0 Å². The number of carbonyl (C=O) groups excluding carboxylic acids is 2. The first-order chi connectivity index (χ1) is 7.88. The number of amides is 2. The van der Waals surface area contributed by atoms with E-state index in [-0.39, 0.29) is 11.1 Å². The van der Waals surface area contributed by atoms with Crippen LogP contribution in [0.3, 0.4) is 0 Å². The van der Waals surface area contributed by atoms with Crippen molar-refractivity contribution >= 4 is 17.4 Å². The summed E-state index contributed by atoms with van der Waals surface area (Å²) in [6, 6.07) is 1.85. The highest BCUT2D eigenvalue weighted by molar-refractivity contribution is 6.33. The van der Waals surface area contributed by atoms with Gasteiger partial charge in [-0.15, -0.1) is 0 Å². The Morgan fingerprint density at radius 2 is 1.88 bits per heavy atom. The third-order valence-electron chi connectivity index (χ3n) is 2.12. The maximum absolute atomic E-state index is 12.2. The van der Waals surface area contributed by atoms with Gasteiger partial charge in [-0.2, -0.15) is 13.2 Å². The molecule has 1 aliphatic heterocycles. The molecule has 1 aromatic rings. The van der Waals surface area contributed by atoms with Crippen LogP contribution in [0.2, 0.25) is 0 Å². The number of nitrogens with zero attached hydrogens (tertiary/aromatic N) is 1. The summed E-state index contributed by atoms with van der Waals surface area (Å²) in [5.41, 5.74) is -0.871. The molecule has 1 N–H and O–H groups in total. The van der Waals surface area contributed by atoms with E-state index in [1.165, 1.54) is 0 Å². The molecule has 0 aromatic carbocycles. The molecule has 1 aromatic heterocycles. The van der Waals surface area contributed by atoms with Crippen LogP contribution in [-0.4, -0.2) is 16.8 Å². The van der Waals surface area contributed by atoms with Crippen molar-refractivity contribution in [3.05, 3.63) is 35.7 Å². The minimum absolute atomic E-state index is 0.0104. The molecule has 88 valence electrons. The van der Waals surface area contributed by atoms with Gasteiger partial charge in [0.2, 0.25) is 0 Å². The molecule has 0 aliphatic carbocycles. The Morgan fingerprint density at radius 1 is 1.18 bits per heavy atom. The van der Waals surface area contributed by atoms with Crippen molar-refractivity contribution in [2.45, 2.75) is 6.18 Å². The summed E-state index contributed by atoms with van der Waals surface area (Å²) in [4.78, 5) is 25.3. The number of rotatable bonds is 1. The van der Waals surface area contributed by atoms with Gasteiger partial charge in [0.25, 0.3) is 11.8 Å². The topological polar surface area (TPSA) is 59.1 Å². The fourth-order valence-corrected chi connectivity index (χ4v) is 1.35. The Hall–Kier alpha value is -2.18. The minimum Gasteiger partial charge on any atom is -0.289 e. The molecule has 0 radical (unpaired) electrons. The van der Waals surface area contributed by atoms with Gasteiger partial charge in [-0.3, -0.25) is 19.9 Å². The van der Waals surface area contributed by atoms with E-state index in [1.807, 2.05) is 5.32 Å². The van der Waals surface area contributed by atoms with E-state index in [2.05, 4.69) is 4.98 Å². The molecule has 1 aliphatic rings. The Bertz CT molecular complexity index is 517. The third kappa shape index (κ3) is 2.17. The zero-order valence-corrected chi connectivity index (χ0v) is 8.21. The molecule has 2 heterocycles. The van der Waals surface area contributed by atoms with E-state index in [4.69, 9.17) is 0 Å². The highest BCUT2D eigenvalue weighted by Gasteiger charge is 2.32. The number of pyridine rings is 1. The van der Waals surface area contributed by atoms with Gasteiger partial charge >= 0.3 is 6.18 Å². The van der Waals surface area contributed by atoms with Gasteiger partial charge in [0.1, 0.15) is 5.69 Å². The normalized spacial score (nSPS) is 15.8. The monoisotopic (exact) mass is 242 g/mol. The van der Waals surface area contributed by atoms with Gasteiger partial charge in [-0.05, 0) is 6.07 Å². The standard InChI is InChI=1S/C10H5F3N2O2/c11-10(12,13)7-2-1-5(4-14-7)6-3-8(16)15-9(6)17/h1-4H,(H,15,16,17). The molecule has 0 unspecified atom stereocenters. The van der Waals surface area contributed by atoms with Crippen molar-refractivity contribution in [2.75, 3.05) is 0 Å². The predicted molar refractivity (Wildman–Crippen MR) is 50.4 cm³/mol. The maximum Gasteiger partial charge on any atom is 0.433 e. The van der Waals surface area contributed by atoms with Gasteiger partial charge in [0.05, 0.1) is 5.57 Å². The zero-order valence-electron chi connectivity index (χ0n) is 8.21. The predicted octanol–water partition coefficient (Wildman–Crippen LogP) is 1.14. The molecule has 17 heavy (non-hydrogen) atoms. The van der Waals surface area contributed by atoms with E-state index in [0.717, 1.165) is 24.4 Å². The molecule has 2 amide bonds. The lowest BCUT2D eigenvalue weighted by molar-refractivity contribution is -0.141. The van der Waals surface area contributed by atoms with Crippen LogP contribution in [0.1, 0.15) is 11.3 Å². The summed E-state index contributed by atoms with van der Waals surface area (Å²) in [5.74, 6) is -1.23. The first-order valence-corrected chi connectivity index (χ1v) is 4.48. The van der Waals surface area contributed by atoms with E-state index in [1.54, 1.807) is 0 Å². The summed E-state index contributed by atoms with van der Waals surface area (Å²) < 4.78 is 36.7. The van der Waals surface area contributed by atoms with E-state index in [9.17, 15) is 22.8 Å². The number of imide groups is 1. The number of aromatic nitrogens is 1. The van der Waals surface area contributed by atoms with Crippen LogP contribution in [0.25, 0.3) is 5.57 Å². The first kappa shape index (κ1) is 11.3. The van der Waals surface area contributed by atoms with Crippen molar-refractivity contribution in [1.82, 2.24) is 10.3 Å². The van der Waals surface area contributed by atoms with Crippen LogP contribution in [0, 0.1) is 0 Å². The molecule has 0 atom stereocenters. The van der Waals surface area contributed by atoms with Crippen molar-refractivity contribution in [3.63, 3.8) is 0 Å². The van der Waals surface area contributed by atoms with Gasteiger partial charge in [0.15, 0.2) is 0 Å². The average Bonchev–Trinajstić information content (AvgIpc) is 2.57. The quantitative estimate of drug-likeness (QED) is 0.751. The van der Waals surface area contributed by atoms with Crippen LogP contribution in [0.15, 0.2) is 24.4 Å². The van der Waals surface area contributed by atoms with Crippen LogP contribution in [0.4, 0.5) is 13.2 Å². The molecular weight excluding hydrogens is 237 g/mol. The lowest BCUT2D eigenvalue weighted by Gasteiger charge is -2.06. The fraction of sp³-hybridized carbons (Fsp3) is 0.100. The Balaban J connectivity index is 2.34. The van der Waals surface area contributed by atoms with Crippen molar-refractivity contribution in [1.29, 1.82) is 0 Å². The summed E-state index contributed by atoms with van der Waals surface area (Å²) in [7, 11) is 0. The molecule has 0 saturated carbocycles. The number of carbonyl (C=O) groups is 2. The maximum atomic E-state index is 12.2. The highest BCUT2D eigenvalue weighted by atomic mass is 19.4. The number of alkyl halides is 3. The molecule has 0 bridgehead atoms. The second kappa shape index (κ2) is 3.69. The average molecular weight is 242 g/mol. The number of hydrogen-bond acceptors (Lipinski definition) is 3. The molecular formula is C10H5F3N2O2. The SMILES string of the molecule is O=C1C=C(c2ccc(C(F)(F)F)nc2)C(=O)N1. The largest absolute Gasteiger partial charge is 0.433 e. The highest BCUT2D eigenvalue weighted by Crippen LogP contribution is 2.28. The Kier molecular flexibility index (Phi) is 2.45. The Morgan fingerprint density at radius 3 is 2.29 bits per heavy atom. The van der Waals surface area contributed by atoms with Crippen LogP contribution in [-0.2, 0) is 15.8 Å². The number of hydrogen-bond donors (Lipinski definition) is 1. The van der Waals surface area contributed by atoms with Crippen LogP contribution < -0.4 is 5.32 Å². The summed E-state index contributed by atoms with van der Waals surface area (Å²) in [6.45, 7) is 0. The van der Waals surface area contributed by atoms with Gasteiger partial charge in [-0.1, -0.05) is 6.07 Å². The summed E-state index contributed by atoms with van der Waals surface area (Å²) in [6.07, 6.45) is -2.60. The Labute approximate surface area is 93.1 Å². The van der Waals surface area contributed by atoms with Crippen molar-refractivity contribution in [2.24, 2.45) is 0 Å². The van der Waals surface area contributed by atoms with Crippen LogP contribution in [0.5, 0.6) is 0 Å². The second-order valence-electron chi connectivity index (χ2n) is 3.31. The summed E-state index contributed by atoms with van der Waals surface area (Å²) in [5, 5.41) is 1.99. The van der Waals surface area contributed by atoms with Crippen molar-refractivity contribution < 1.29 is 22.8 Å². The molecule has 7 heteroatoms. The van der Waals surface area contributed by atoms with Crippen molar-refractivity contribution in [3.8, 4) is 0 Å². The number of halogens is 3. The molecule has 4 nitrogen and oxygen atoms in total. The molecule has 0 saturated heterocycles. The fourth-order valence-electron chi connectivity index (χ4n) is 1.35. The molecule has 0 spiro atoms. The second-order valence-corrected chi connectivity index (χ2v) is 3.31. The minimum atomic E-state index is -4.53. The smallest absolute Gasteiger partial charge is 0.289 e. The molecule has 2 rings (SSSR count). The molecule has 0 fully saturated rings. The zero-order chi connectivity index (χ0) is 12.6. The van der Waals surface area contributed by atoms with Gasteiger partial charge in [0, 0.05) is 17.8 Å². The first-order valence-electron chi connectivity index (χ1n) is 4.48. The van der Waals surface area contributed by atoms with E-state index < -0.39 is 23.7 Å². The van der Waals surface area contributed by atoms with Gasteiger partial charge < -0.3 is 0 Å². The van der Waals surface area contributed by atoms with Gasteiger partial charge in [-0.25, -0.2) is 0 Å². The van der Waals surface area contributed by atoms with Crippen LogP contribution >= 0.6 is 0 Å².